The predicted molar refractivity (Wildman–Crippen MR) is 68.6 cm³/mol. The van der Waals surface area contributed by atoms with Crippen LogP contribution in [-0.2, 0) is 0 Å². The van der Waals surface area contributed by atoms with Crippen LogP contribution < -0.4 is 14.7 Å². The van der Waals surface area contributed by atoms with Crippen molar-refractivity contribution in [1.29, 1.82) is 0 Å². The van der Waals surface area contributed by atoms with Gasteiger partial charge in [0.15, 0.2) is 6.34 Å². The number of nitrogens with one attached hydrogen (secondary N) is 2. The first-order chi connectivity index (χ1) is 7.82. The highest BCUT2D eigenvalue weighted by molar-refractivity contribution is 6.63. The van der Waals surface area contributed by atoms with Crippen LogP contribution in [0.1, 0.15) is 26.7 Å². The fourth-order valence-electron chi connectivity index (χ4n) is 2.90. The molecular formula is C12H21BN3+. The molecule has 1 aliphatic rings. The normalized spacial score (nSPS) is 16.6. The number of fused-ring (bicyclic) bond motifs is 1. The molecule has 0 amide bonds. The van der Waals surface area contributed by atoms with Crippen molar-refractivity contribution in [1.82, 2.24) is 0 Å². The molecule has 1 aromatic rings. The van der Waals surface area contributed by atoms with Crippen LogP contribution in [0.2, 0.25) is 12.6 Å². The number of aromatic nitrogens is 1. The van der Waals surface area contributed by atoms with Crippen LogP contribution in [0.5, 0.6) is 0 Å². The van der Waals surface area contributed by atoms with Crippen molar-refractivity contribution in [3.63, 3.8) is 0 Å². The average molecular weight is 218 g/mol. The Bertz CT molecular complexity index is 384. The summed E-state index contributed by atoms with van der Waals surface area (Å²) in [5.74, 6) is 1.20. The van der Waals surface area contributed by atoms with Crippen LogP contribution in [0.4, 0.5) is 5.82 Å². The first-order valence-electron chi connectivity index (χ1n) is 6.38. The number of hydrogen-bond donors (Lipinski definition) is 2. The van der Waals surface area contributed by atoms with E-state index in [2.05, 4.69) is 52.9 Å². The lowest BCUT2D eigenvalue weighted by molar-refractivity contribution is -0.609. The molecule has 1 aromatic heterocycles. The van der Waals surface area contributed by atoms with Crippen molar-refractivity contribution in [2.75, 3.05) is 5.32 Å². The van der Waals surface area contributed by atoms with Crippen molar-refractivity contribution in [3.8, 4) is 0 Å². The zero-order valence-electron chi connectivity index (χ0n) is 10.2. The van der Waals surface area contributed by atoms with Gasteiger partial charge in [0.05, 0.1) is 0 Å². The van der Waals surface area contributed by atoms with Crippen molar-refractivity contribution in [2.24, 2.45) is 0 Å². The van der Waals surface area contributed by atoms with E-state index in [-0.39, 0.29) is 0 Å². The smallest absolute Gasteiger partial charge is 0.375 e. The van der Waals surface area contributed by atoms with Gasteiger partial charge in [0, 0.05) is 12.3 Å². The van der Waals surface area contributed by atoms with Crippen molar-refractivity contribution < 1.29 is 9.38 Å². The Hall–Kier alpha value is -1.32. The average Bonchev–Trinajstić information content (AvgIpc) is 2.30. The van der Waals surface area contributed by atoms with Crippen LogP contribution in [0.3, 0.4) is 0 Å². The van der Waals surface area contributed by atoms with Crippen LogP contribution in [0, 0.1) is 0 Å². The summed E-state index contributed by atoms with van der Waals surface area (Å²) in [6.45, 7) is 4.51. The van der Waals surface area contributed by atoms with Crippen LogP contribution in [-0.4, -0.2) is 12.8 Å². The predicted octanol–water partition coefficient (Wildman–Crippen LogP) is 0.619. The SMILES string of the molecule is CCC[B-]1(CCC)[NH+]=CNc2cccc[n+]21. The summed E-state index contributed by atoms with van der Waals surface area (Å²) >= 11 is 0. The Balaban J connectivity index is 2.43. The van der Waals surface area contributed by atoms with Gasteiger partial charge in [-0.15, -0.1) is 0 Å². The minimum absolute atomic E-state index is 0.666. The Morgan fingerprint density at radius 1 is 1.25 bits per heavy atom. The van der Waals surface area contributed by atoms with Crippen LogP contribution in [0.15, 0.2) is 24.4 Å². The fraction of sp³-hybridized carbons (Fsp3) is 0.500. The molecule has 2 heterocycles. The summed E-state index contributed by atoms with van der Waals surface area (Å²) in [7, 11) is 0. The number of pyridine rings is 1. The molecule has 86 valence electrons. The molecule has 0 unspecified atom stereocenters. The van der Waals surface area contributed by atoms with Gasteiger partial charge >= 0.3 is 6.42 Å². The number of nitrogens with zero attached hydrogens (tertiary/aromatic N) is 1. The Kier molecular flexibility index (Phi) is 3.27. The quantitative estimate of drug-likeness (QED) is 0.713. The molecule has 3 nitrogen and oxygen atoms in total. The third-order valence-electron chi connectivity index (χ3n) is 3.57. The lowest BCUT2D eigenvalue weighted by Gasteiger charge is -2.33. The van der Waals surface area contributed by atoms with Gasteiger partial charge in [0.2, 0.25) is 5.82 Å². The second-order valence-corrected chi connectivity index (χ2v) is 4.72. The van der Waals surface area contributed by atoms with Crippen molar-refractivity contribution >= 4 is 18.6 Å². The molecule has 2 rings (SSSR count). The van der Waals surface area contributed by atoms with E-state index in [1.165, 1.54) is 31.3 Å². The second-order valence-electron chi connectivity index (χ2n) is 4.72. The van der Waals surface area contributed by atoms with Gasteiger partial charge in [-0.1, -0.05) is 45.4 Å². The van der Waals surface area contributed by atoms with Gasteiger partial charge in [-0.2, -0.15) is 0 Å². The van der Waals surface area contributed by atoms with Gasteiger partial charge in [-0.25, -0.2) is 5.32 Å². The third-order valence-corrected chi connectivity index (χ3v) is 3.57. The molecular weight excluding hydrogens is 197 g/mol. The van der Waals surface area contributed by atoms with Gasteiger partial charge in [-0.3, -0.25) is 0 Å². The summed E-state index contributed by atoms with van der Waals surface area (Å²) in [5.41, 5.74) is 0. The summed E-state index contributed by atoms with van der Waals surface area (Å²) < 4.78 is 2.40. The Labute approximate surface area is 97.6 Å². The molecule has 0 saturated heterocycles. The fourth-order valence-corrected chi connectivity index (χ4v) is 2.90. The van der Waals surface area contributed by atoms with E-state index >= 15 is 0 Å². The lowest BCUT2D eigenvalue weighted by Crippen LogP contribution is -3.02. The molecule has 0 saturated carbocycles. The Morgan fingerprint density at radius 2 is 2.00 bits per heavy atom. The van der Waals surface area contributed by atoms with E-state index in [1.807, 2.05) is 6.34 Å². The second kappa shape index (κ2) is 4.68. The maximum Gasteiger partial charge on any atom is 0.375 e. The number of hydrogen-bond acceptors (Lipinski definition) is 1. The number of rotatable bonds is 4. The molecule has 0 spiro atoms. The molecule has 0 aliphatic carbocycles. The first-order valence-corrected chi connectivity index (χ1v) is 6.38. The summed E-state index contributed by atoms with van der Waals surface area (Å²) in [6.07, 6.45) is 8.38. The van der Waals surface area contributed by atoms with E-state index < -0.39 is 6.42 Å². The van der Waals surface area contributed by atoms with Crippen molar-refractivity contribution in [2.45, 2.75) is 39.3 Å². The number of anilines is 1. The largest absolute Gasteiger partial charge is 0.436 e. The molecule has 0 bridgehead atoms. The Morgan fingerprint density at radius 3 is 2.69 bits per heavy atom. The summed E-state index contributed by atoms with van der Waals surface area (Å²) in [5, 5.41) is 3.28. The monoisotopic (exact) mass is 218 g/mol. The molecule has 1 aliphatic heterocycles. The minimum Gasteiger partial charge on any atom is -0.436 e. The van der Waals surface area contributed by atoms with Crippen molar-refractivity contribution in [3.05, 3.63) is 24.4 Å². The van der Waals surface area contributed by atoms with Gasteiger partial charge in [-0.05, 0) is 6.07 Å². The zero-order chi connectivity index (χ0) is 11.4. The van der Waals surface area contributed by atoms with Gasteiger partial charge < -0.3 is 9.38 Å². The highest BCUT2D eigenvalue weighted by Gasteiger charge is 2.37. The molecule has 0 fully saturated rings. The summed E-state index contributed by atoms with van der Waals surface area (Å²) in [4.78, 5) is 3.58. The van der Waals surface area contributed by atoms with E-state index in [0.717, 1.165) is 0 Å². The highest BCUT2D eigenvalue weighted by Crippen LogP contribution is 2.13. The molecule has 0 radical (unpaired) electrons. The molecule has 0 atom stereocenters. The first kappa shape index (κ1) is 11.2. The molecule has 4 heteroatoms. The molecule has 16 heavy (non-hydrogen) atoms. The van der Waals surface area contributed by atoms with E-state index in [9.17, 15) is 0 Å². The highest BCUT2D eigenvalue weighted by atomic mass is 15.2. The maximum absolute atomic E-state index is 3.58. The van der Waals surface area contributed by atoms with Crippen LogP contribution >= 0.6 is 0 Å². The topological polar surface area (TPSA) is 29.9 Å². The van der Waals surface area contributed by atoms with E-state index in [0.29, 0.717) is 0 Å². The van der Waals surface area contributed by atoms with E-state index in [4.69, 9.17) is 0 Å². The third kappa shape index (κ3) is 1.84. The van der Waals surface area contributed by atoms with Crippen LogP contribution in [0.25, 0.3) is 0 Å². The standard InChI is InChI=1S/C12H21BN3/c1-3-8-13(9-4-2)15-11-14-12-7-5-6-10-16(12)13/h5-7,10-11,14-15H,3-4,8-9H2,1-2H3/q+1. The molecule has 2 N–H and O–H groups in total. The minimum atomic E-state index is -0.666. The summed E-state index contributed by atoms with van der Waals surface area (Å²) in [6, 6.07) is 6.33. The van der Waals surface area contributed by atoms with E-state index in [1.54, 1.807) is 0 Å². The molecule has 0 aromatic carbocycles. The van der Waals surface area contributed by atoms with Gasteiger partial charge in [0.25, 0.3) is 0 Å². The maximum atomic E-state index is 3.58. The zero-order valence-corrected chi connectivity index (χ0v) is 10.2. The van der Waals surface area contributed by atoms with Gasteiger partial charge in [0.1, 0.15) is 0 Å². The lowest BCUT2D eigenvalue weighted by atomic mass is 9.40.